The smallest absolute Gasteiger partial charge is 0.305 e. The minimum Gasteiger partial charge on any atom is -0.466 e. The Morgan fingerprint density at radius 1 is 0.540 bits per heavy atom. The van der Waals surface area contributed by atoms with Gasteiger partial charge in [-0.05, 0) is 77.0 Å². The summed E-state index contributed by atoms with van der Waals surface area (Å²) in [5.41, 5.74) is 0. The van der Waals surface area contributed by atoms with Crippen LogP contribution in [0, 0.1) is 0 Å². The second-order valence-corrected chi connectivity index (χ2v) is 14.7. The molecule has 0 rings (SSSR count). The van der Waals surface area contributed by atoms with Gasteiger partial charge in [0.2, 0.25) is 5.91 Å². The highest BCUT2D eigenvalue weighted by atomic mass is 16.5. The summed E-state index contributed by atoms with van der Waals surface area (Å²) in [5, 5.41) is 23.0. The summed E-state index contributed by atoms with van der Waals surface area (Å²) in [6.45, 7) is 4.81. The van der Waals surface area contributed by atoms with Gasteiger partial charge in [0.05, 0.1) is 25.4 Å². The molecule has 0 aliphatic carbocycles. The Morgan fingerprint density at radius 2 is 0.940 bits per heavy atom. The van der Waals surface area contributed by atoms with Crippen LogP contribution in [0.15, 0.2) is 24.3 Å². The molecule has 6 heteroatoms. The second-order valence-electron chi connectivity index (χ2n) is 14.7. The normalized spacial score (nSPS) is 13.0. The number of amides is 1. The summed E-state index contributed by atoms with van der Waals surface area (Å²) in [4.78, 5) is 24.3. The molecule has 3 N–H and O–H groups in total. The number of ether oxygens (including phenoxy) is 1. The maximum atomic E-state index is 12.3. The maximum absolute atomic E-state index is 12.3. The van der Waals surface area contributed by atoms with E-state index in [9.17, 15) is 19.8 Å². The number of carbonyl (C=O) groups excluding carboxylic acids is 2. The third kappa shape index (κ3) is 36.1. The molecule has 0 bridgehead atoms. The van der Waals surface area contributed by atoms with Crippen molar-refractivity contribution in [1.29, 1.82) is 0 Å². The fraction of sp³-hybridized carbons (Fsp3) is 0.864. The van der Waals surface area contributed by atoms with Gasteiger partial charge < -0.3 is 20.3 Å². The highest BCUT2D eigenvalue weighted by Crippen LogP contribution is 2.14. The van der Waals surface area contributed by atoms with E-state index in [2.05, 4.69) is 43.5 Å². The molecular weight excluding hydrogens is 622 g/mol. The Labute approximate surface area is 310 Å². The maximum Gasteiger partial charge on any atom is 0.305 e. The lowest BCUT2D eigenvalue weighted by molar-refractivity contribution is -0.143. The summed E-state index contributed by atoms with van der Waals surface area (Å²) in [5.74, 6) is -0.110. The number of rotatable bonds is 39. The molecule has 0 aromatic rings. The van der Waals surface area contributed by atoms with Gasteiger partial charge in [-0.1, -0.05) is 154 Å². The lowest BCUT2D eigenvalue weighted by Gasteiger charge is -2.22. The van der Waals surface area contributed by atoms with E-state index in [1.807, 2.05) is 0 Å². The molecule has 50 heavy (non-hydrogen) atoms. The van der Waals surface area contributed by atoms with E-state index in [0.29, 0.717) is 25.9 Å². The van der Waals surface area contributed by atoms with E-state index in [-0.39, 0.29) is 18.5 Å². The Morgan fingerprint density at radius 3 is 1.46 bits per heavy atom. The fourth-order valence-electron chi connectivity index (χ4n) is 6.33. The zero-order chi connectivity index (χ0) is 36.6. The van der Waals surface area contributed by atoms with Gasteiger partial charge >= 0.3 is 5.97 Å². The van der Waals surface area contributed by atoms with Crippen molar-refractivity contribution < 1.29 is 24.5 Å². The molecule has 0 aliphatic heterocycles. The summed E-state index contributed by atoms with van der Waals surface area (Å²) >= 11 is 0. The molecule has 2 unspecified atom stereocenters. The Hall–Kier alpha value is -1.66. The SMILES string of the molecule is CCCCC/C=C\CCCCCCCC(=O)OCCCC/C=C\CCCCCCCC(=O)NC(CO)C(O)CCCCCCCCCCCC. The third-order valence-corrected chi connectivity index (χ3v) is 9.72. The van der Waals surface area contributed by atoms with E-state index >= 15 is 0 Å². The van der Waals surface area contributed by atoms with Crippen LogP contribution in [-0.2, 0) is 14.3 Å². The van der Waals surface area contributed by atoms with Crippen molar-refractivity contribution in [1.82, 2.24) is 5.32 Å². The lowest BCUT2D eigenvalue weighted by Crippen LogP contribution is -2.45. The van der Waals surface area contributed by atoms with Crippen molar-refractivity contribution >= 4 is 11.9 Å². The van der Waals surface area contributed by atoms with Gasteiger partial charge in [-0.3, -0.25) is 9.59 Å². The largest absolute Gasteiger partial charge is 0.466 e. The molecule has 0 saturated carbocycles. The summed E-state index contributed by atoms with van der Waals surface area (Å²) in [6.07, 6.45) is 44.2. The van der Waals surface area contributed by atoms with Crippen molar-refractivity contribution in [3.63, 3.8) is 0 Å². The van der Waals surface area contributed by atoms with Gasteiger partial charge in [-0.25, -0.2) is 0 Å². The van der Waals surface area contributed by atoms with E-state index in [4.69, 9.17) is 4.74 Å². The number of nitrogens with one attached hydrogen (secondary N) is 1. The second kappa shape index (κ2) is 40.1. The van der Waals surface area contributed by atoms with Crippen LogP contribution in [0.25, 0.3) is 0 Å². The van der Waals surface area contributed by atoms with E-state index < -0.39 is 12.1 Å². The highest BCUT2D eigenvalue weighted by Gasteiger charge is 2.20. The van der Waals surface area contributed by atoms with Crippen LogP contribution in [0.1, 0.15) is 219 Å². The first-order valence-corrected chi connectivity index (χ1v) is 21.6. The number of hydrogen-bond donors (Lipinski definition) is 3. The third-order valence-electron chi connectivity index (χ3n) is 9.72. The molecule has 0 radical (unpaired) electrons. The minimum absolute atomic E-state index is 0.0425. The van der Waals surface area contributed by atoms with Crippen LogP contribution in [0.2, 0.25) is 0 Å². The Balaban J connectivity index is 3.54. The van der Waals surface area contributed by atoms with Crippen molar-refractivity contribution in [2.75, 3.05) is 13.2 Å². The fourth-order valence-corrected chi connectivity index (χ4v) is 6.33. The summed E-state index contributed by atoms with van der Waals surface area (Å²) in [7, 11) is 0. The van der Waals surface area contributed by atoms with Crippen molar-refractivity contribution in [3.8, 4) is 0 Å². The van der Waals surface area contributed by atoms with Crippen molar-refractivity contribution in [2.24, 2.45) is 0 Å². The van der Waals surface area contributed by atoms with E-state index in [0.717, 1.165) is 83.5 Å². The molecule has 0 fully saturated rings. The molecule has 2 atom stereocenters. The number of hydrogen-bond acceptors (Lipinski definition) is 5. The molecule has 0 aromatic heterocycles. The first-order valence-electron chi connectivity index (χ1n) is 21.6. The van der Waals surface area contributed by atoms with Crippen molar-refractivity contribution in [2.45, 2.75) is 231 Å². The minimum atomic E-state index is -0.680. The topological polar surface area (TPSA) is 95.9 Å². The molecule has 6 nitrogen and oxygen atoms in total. The number of carbonyl (C=O) groups is 2. The quantitative estimate of drug-likeness (QED) is 0.0336. The molecule has 0 heterocycles. The first-order chi connectivity index (χ1) is 24.5. The predicted molar refractivity (Wildman–Crippen MR) is 213 cm³/mol. The molecule has 0 saturated heterocycles. The van der Waals surface area contributed by atoms with E-state index in [1.54, 1.807) is 0 Å². The van der Waals surface area contributed by atoms with Gasteiger partial charge in [-0.15, -0.1) is 0 Å². The van der Waals surface area contributed by atoms with Crippen LogP contribution in [0.5, 0.6) is 0 Å². The molecule has 0 spiro atoms. The average Bonchev–Trinajstić information content (AvgIpc) is 3.11. The summed E-state index contributed by atoms with van der Waals surface area (Å²) in [6, 6.07) is -0.560. The monoisotopic (exact) mass is 706 g/mol. The highest BCUT2D eigenvalue weighted by molar-refractivity contribution is 5.76. The van der Waals surface area contributed by atoms with Crippen LogP contribution in [-0.4, -0.2) is 47.4 Å². The number of aliphatic hydroxyl groups is 2. The van der Waals surface area contributed by atoms with Gasteiger partial charge in [0.25, 0.3) is 0 Å². The van der Waals surface area contributed by atoms with Gasteiger partial charge in [0.15, 0.2) is 0 Å². The first kappa shape index (κ1) is 48.3. The van der Waals surface area contributed by atoms with Gasteiger partial charge in [0.1, 0.15) is 0 Å². The molecule has 1 amide bonds. The van der Waals surface area contributed by atoms with Crippen molar-refractivity contribution in [3.05, 3.63) is 24.3 Å². The molecule has 294 valence electrons. The van der Waals surface area contributed by atoms with Gasteiger partial charge in [0, 0.05) is 12.8 Å². The van der Waals surface area contributed by atoms with Crippen LogP contribution in [0.3, 0.4) is 0 Å². The standard InChI is InChI=1S/C44H83NO5/c1-3-5-7-9-11-13-15-18-22-26-30-34-38-44(49)50-39-35-31-27-23-19-16-17-21-25-29-33-37-43(48)45-41(40-46)42(47)36-32-28-24-20-14-12-10-8-6-4-2/h11,13,19,23,41-42,46-47H,3-10,12,14-18,20-22,24-40H2,1-2H3,(H,45,48)/b13-11-,23-19-. The van der Waals surface area contributed by atoms with Crippen LogP contribution >= 0.6 is 0 Å². The summed E-state index contributed by atoms with van der Waals surface area (Å²) < 4.78 is 5.40. The van der Waals surface area contributed by atoms with Gasteiger partial charge in [-0.2, -0.15) is 0 Å². The molecule has 0 aromatic carbocycles. The number of allylic oxidation sites excluding steroid dienone is 4. The zero-order valence-corrected chi connectivity index (χ0v) is 33.1. The lowest BCUT2D eigenvalue weighted by atomic mass is 10.0. The van der Waals surface area contributed by atoms with E-state index in [1.165, 1.54) is 103 Å². The van der Waals surface area contributed by atoms with Crippen LogP contribution in [0.4, 0.5) is 0 Å². The number of unbranched alkanes of at least 4 members (excludes halogenated alkanes) is 24. The van der Waals surface area contributed by atoms with Crippen LogP contribution < -0.4 is 5.32 Å². The Kier molecular flexibility index (Phi) is 38.8. The number of aliphatic hydroxyl groups excluding tert-OH is 2. The zero-order valence-electron chi connectivity index (χ0n) is 33.1. The predicted octanol–water partition coefficient (Wildman–Crippen LogP) is 12.0. The molecular formula is C44H83NO5. The molecule has 0 aliphatic rings. The Bertz CT molecular complexity index is 782. The number of esters is 1. The average molecular weight is 706 g/mol.